The van der Waals surface area contributed by atoms with Gasteiger partial charge in [0.15, 0.2) is 0 Å². The quantitative estimate of drug-likeness (QED) is 0.761. The van der Waals surface area contributed by atoms with E-state index in [1.54, 1.807) is 0 Å². The zero-order valence-electron chi connectivity index (χ0n) is 14.5. The Balaban J connectivity index is 0.00000182. The zero-order valence-corrected chi connectivity index (χ0v) is 15.4. The number of fused-ring (bicyclic) bond motifs is 1. The van der Waals surface area contributed by atoms with Crippen LogP contribution in [0.4, 0.5) is 5.69 Å². The maximum atomic E-state index is 4.93. The fourth-order valence-electron chi connectivity index (χ4n) is 3.40. The van der Waals surface area contributed by atoms with Gasteiger partial charge in [-0.3, -0.25) is 0 Å². The van der Waals surface area contributed by atoms with Gasteiger partial charge in [0.05, 0.1) is 11.2 Å². The molecule has 4 heteroatoms. The SMILES string of the molecule is CCc1ccc2nc(-c3ccccc3)cc(N3CCNCC3)c2c1.Cl. The predicted molar refractivity (Wildman–Crippen MR) is 109 cm³/mol. The first-order chi connectivity index (χ1) is 11.8. The molecule has 0 spiro atoms. The number of aromatic nitrogens is 1. The van der Waals surface area contributed by atoms with Crippen LogP contribution in [0.25, 0.3) is 22.2 Å². The van der Waals surface area contributed by atoms with Crippen molar-refractivity contribution in [3.05, 3.63) is 60.2 Å². The Morgan fingerprint density at radius 2 is 1.76 bits per heavy atom. The van der Waals surface area contributed by atoms with Crippen LogP contribution in [0.2, 0.25) is 0 Å². The Morgan fingerprint density at radius 3 is 2.48 bits per heavy atom. The minimum atomic E-state index is 0. The van der Waals surface area contributed by atoms with E-state index in [1.165, 1.54) is 22.2 Å². The van der Waals surface area contributed by atoms with Crippen molar-refractivity contribution >= 4 is 29.0 Å². The summed E-state index contributed by atoms with van der Waals surface area (Å²) in [6.45, 7) is 6.38. The molecule has 1 aromatic heterocycles. The molecule has 2 heterocycles. The van der Waals surface area contributed by atoms with Gasteiger partial charge in [-0.25, -0.2) is 4.98 Å². The summed E-state index contributed by atoms with van der Waals surface area (Å²) in [5, 5.41) is 4.72. The molecule has 3 aromatic rings. The van der Waals surface area contributed by atoms with Gasteiger partial charge in [0, 0.05) is 42.8 Å². The summed E-state index contributed by atoms with van der Waals surface area (Å²) < 4.78 is 0. The van der Waals surface area contributed by atoms with Gasteiger partial charge >= 0.3 is 0 Å². The molecule has 1 fully saturated rings. The number of pyridine rings is 1. The van der Waals surface area contributed by atoms with Gasteiger partial charge in [-0.05, 0) is 30.2 Å². The number of anilines is 1. The molecule has 0 amide bonds. The third kappa shape index (κ3) is 3.63. The lowest BCUT2D eigenvalue weighted by atomic mass is 10.0. The Bertz CT molecular complexity index is 842. The minimum absolute atomic E-state index is 0. The van der Waals surface area contributed by atoms with Crippen LogP contribution in [0, 0.1) is 0 Å². The number of hydrogen-bond donors (Lipinski definition) is 1. The van der Waals surface area contributed by atoms with Crippen molar-refractivity contribution in [1.29, 1.82) is 0 Å². The molecule has 0 unspecified atom stereocenters. The number of aryl methyl sites for hydroxylation is 1. The largest absolute Gasteiger partial charge is 0.368 e. The molecule has 0 aliphatic carbocycles. The van der Waals surface area contributed by atoms with Crippen LogP contribution >= 0.6 is 12.4 Å². The normalized spacial score (nSPS) is 14.4. The molecule has 25 heavy (non-hydrogen) atoms. The first-order valence-corrected chi connectivity index (χ1v) is 8.80. The lowest BCUT2D eigenvalue weighted by Crippen LogP contribution is -2.43. The van der Waals surface area contributed by atoms with Gasteiger partial charge in [-0.1, -0.05) is 43.3 Å². The molecule has 1 aliphatic rings. The summed E-state index contributed by atoms with van der Waals surface area (Å²) in [5.74, 6) is 0. The molecule has 130 valence electrons. The molecular weight excluding hydrogens is 330 g/mol. The molecule has 2 aromatic carbocycles. The molecular formula is C21H24ClN3. The predicted octanol–water partition coefficient (Wildman–Crippen LogP) is 4.30. The topological polar surface area (TPSA) is 28.2 Å². The average molecular weight is 354 g/mol. The van der Waals surface area contributed by atoms with E-state index in [2.05, 4.69) is 71.7 Å². The standard InChI is InChI=1S/C21H23N3.ClH/c1-2-16-8-9-19-18(14-16)21(24-12-10-22-11-13-24)15-20(23-19)17-6-4-3-5-7-17;/h3-9,14-15,22H,2,10-13H2,1H3;1H. The number of nitrogens with zero attached hydrogens (tertiary/aromatic N) is 2. The van der Waals surface area contributed by atoms with Gasteiger partial charge in [0.25, 0.3) is 0 Å². The number of piperazine rings is 1. The average Bonchev–Trinajstić information content (AvgIpc) is 2.68. The molecule has 1 N–H and O–H groups in total. The highest BCUT2D eigenvalue weighted by Gasteiger charge is 2.16. The number of nitrogens with one attached hydrogen (secondary N) is 1. The molecule has 1 saturated heterocycles. The van der Waals surface area contributed by atoms with Gasteiger partial charge in [0.2, 0.25) is 0 Å². The van der Waals surface area contributed by atoms with Crippen molar-refractivity contribution in [1.82, 2.24) is 10.3 Å². The van der Waals surface area contributed by atoms with Crippen molar-refractivity contribution in [2.24, 2.45) is 0 Å². The zero-order chi connectivity index (χ0) is 16.4. The molecule has 3 nitrogen and oxygen atoms in total. The van der Waals surface area contributed by atoms with Crippen molar-refractivity contribution in [3.8, 4) is 11.3 Å². The monoisotopic (exact) mass is 353 g/mol. The van der Waals surface area contributed by atoms with Crippen LogP contribution in [0.5, 0.6) is 0 Å². The minimum Gasteiger partial charge on any atom is -0.368 e. The molecule has 0 saturated carbocycles. The van der Waals surface area contributed by atoms with E-state index in [9.17, 15) is 0 Å². The summed E-state index contributed by atoms with van der Waals surface area (Å²) in [6, 6.07) is 19.4. The second-order valence-electron chi connectivity index (χ2n) is 6.33. The summed E-state index contributed by atoms with van der Waals surface area (Å²) in [4.78, 5) is 7.43. The number of hydrogen-bond acceptors (Lipinski definition) is 3. The Labute approximate surface area is 155 Å². The lowest BCUT2D eigenvalue weighted by Gasteiger charge is -2.31. The van der Waals surface area contributed by atoms with Crippen molar-refractivity contribution in [2.75, 3.05) is 31.1 Å². The second-order valence-corrected chi connectivity index (χ2v) is 6.33. The lowest BCUT2D eigenvalue weighted by molar-refractivity contribution is 0.590. The van der Waals surface area contributed by atoms with E-state index < -0.39 is 0 Å². The second kappa shape index (κ2) is 7.85. The van der Waals surface area contributed by atoms with Crippen LogP contribution in [0.15, 0.2) is 54.6 Å². The smallest absolute Gasteiger partial charge is 0.0730 e. The van der Waals surface area contributed by atoms with E-state index in [0.29, 0.717) is 0 Å². The first kappa shape index (κ1) is 17.7. The van der Waals surface area contributed by atoms with Gasteiger partial charge in [0.1, 0.15) is 0 Å². The van der Waals surface area contributed by atoms with Crippen LogP contribution in [0.1, 0.15) is 12.5 Å². The van der Waals surface area contributed by atoms with Gasteiger partial charge < -0.3 is 10.2 Å². The van der Waals surface area contributed by atoms with Crippen LogP contribution in [0.3, 0.4) is 0 Å². The highest BCUT2D eigenvalue weighted by Crippen LogP contribution is 2.32. The van der Waals surface area contributed by atoms with E-state index in [1.807, 2.05) is 0 Å². The molecule has 4 rings (SSSR count). The van der Waals surface area contributed by atoms with Crippen molar-refractivity contribution in [3.63, 3.8) is 0 Å². The van der Waals surface area contributed by atoms with Crippen molar-refractivity contribution in [2.45, 2.75) is 13.3 Å². The maximum absolute atomic E-state index is 4.93. The Morgan fingerprint density at radius 1 is 1.00 bits per heavy atom. The first-order valence-electron chi connectivity index (χ1n) is 8.80. The van der Waals surface area contributed by atoms with Crippen LogP contribution < -0.4 is 10.2 Å². The third-order valence-corrected chi connectivity index (χ3v) is 4.79. The third-order valence-electron chi connectivity index (χ3n) is 4.79. The molecule has 0 atom stereocenters. The van der Waals surface area contributed by atoms with Gasteiger partial charge in [-0.2, -0.15) is 0 Å². The molecule has 0 bridgehead atoms. The highest BCUT2D eigenvalue weighted by molar-refractivity contribution is 5.94. The maximum Gasteiger partial charge on any atom is 0.0730 e. The summed E-state index contributed by atoms with van der Waals surface area (Å²) >= 11 is 0. The molecule has 1 aliphatic heterocycles. The number of halogens is 1. The molecule has 0 radical (unpaired) electrons. The number of rotatable bonds is 3. The fraction of sp³-hybridized carbons (Fsp3) is 0.286. The Hall–Kier alpha value is -2.10. The number of benzene rings is 2. The van der Waals surface area contributed by atoms with E-state index >= 15 is 0 Å². The van der Waals surface area contributed by atoms with E-state index in [4.69, 9.17) is 4.98 Å². The highest BCUT2D eigenvalue weighted by atomic mass is 35.5. The van der Waals surface area contributed by atoms with E-state index in [0.717, 1.165) is 43.8 Å². The van der Waals surface area contributed by atoms with E-state index in [-0.39, 0.29) is 12.4 Å². The fourth-order valence-corrected chi connectivity index (χ4v) is 3.40. The van der Waals surface area contributed by atoms with Crippen LogP contribution in [-0.4, -0.2) is 31.2 Å². The summed E-state index contributed by atoms with van der Waals surface area (Å²) in [7, 11) is 0. The van der Waals surface area contributed by atoms with Crippen molar-refractivity contribution < 1.29 is 0 Å². The van der Waals surface area contributed by atoms with Gasteiger partial charge in [-0.15, -0.1) is 12.4 Å². The summed E-state index contributed by atoms with van der Waals surface area (Å²) in [5.41, 5.74) is 6.00. The van der Waals surface area contributed by atoms with Crippen LogP contribution in [-0.2, 0) is 6.42 Å². The summed E-state index contributed by atoms with van der Waals surface area (Å²) in [6.07, 6.45) is 1.05. The Kier molecular flexibility index (Phi) is 5.57.